The van der Waals surface area contributed by atoms with E-state index in [-0.39, 0.29) is 5.91 Å². The molecule has 0 fully saturated rings. The molecule has 2 N–H and O–H groups in total. The van der Waals surface area contributed by atoms with Crippen LogP contribution < -0.4 is 5.32 Å². The molecule has 0 aliphatic rings. The number of aryl methyl sites for hydroxylation is 1. The standard InChI is InChI=1S/C15H15NO3S/c1-2-10-8-9-20-13(10)14(17)16-12(15(18)19)11-6-4-3-5-7-11/h3-9,12H,2H2,1H3,(H,16,17)(H,18,19)/t12-/m0/s1. The second-order valence-corrected chi connectivity index (χ2v) is 5.20. The number of amides is 1. The predicted molar refractivity (Wildman–Crippen MR) is 78.0 cm³/mol. The Hall–Kier alpha value is -2.14. The van der Waals surface area contributed by atoms with E-state index < -0.39 is 12.0 Å². The van der Waals surface area contributed by atoms with Crippen molar-refractivity contribution in [1.29, 1.82) is 0 Å². The minimum Gasteiger partial charge on any atom is -0.479 e. The zero-order chi connectivity index (χ0) is 14.5. The van der Waals surface area contributed by atoms with Gasteiger partial charge in [-0.3, -0.25) is 4.79 Å². The van der Waals surface area contributed by atoms with Crippen LogP contribution in [0.25, 0.3) is 0 Å². The summed E-state index contributed by atoms with van der Waals surface area (Å²) in [5, 5.41) is 13.7. The van der Waals surface area contributed by atoms with Gasteiger partial charge in [0.1, 0.15) is 0 Å². The molecule has 0 bridgehead atoms. The number of carboxylic acids is 1. The molecule has 5 heteroatoms. The molecule has 0 saturated heterocycles. The van der Waals surface area contributed by atoms with Crippen LogP contribution in [0.15, 0.2) is 41.8 Å². The Balaban J connectivity index is 2.21. The summed E-state index contributed by atoms with van der Waals surface area (Å²) in [7, 11) is 0. The fraction of sp³-hybridized carbons (Fsp3) is 0.200. The van der Waals surface area contributed by atoms with E-state index in [1.807, 2.05) is 18.4 Å². The van der Waals surface area contributed by atoms with Crippen LogP contribution in [-0.2, 0) is 11.2 Å². The highest BCUT2D eigenvalue weighted by Crippen LogP contribution is 2.19. The molecular formula is C15H15NO3S. The molecule has 0 saturated carbocycles. The van der Waals surface area contributed by atoms with Crippen LogP contribution in [0, 0.1) is 0 Å². The van der Waals surface area contributed by atoms with Crippen LogP contribution in [0.1, 0.15) is 33.8 Å². The largest absolute Gasteiger partial charge is 0.479 e. The summed E-state index contributed by atoms with van der Waals surface area (Å²) in [5.41, 5.74) is 1.49. The van der Waals surface area contributed by atoms with E-state index in [1.165, 1.54) is 11.3 Å². The molecule has 1 heterocycles. The lowest BCUT2D eigenvalue weighted by Crippen LogP contribution is -2.33. The highest BCUT2D eigenvalue weighted by atomic mass is 32.1. The Labute approximate surface area is 121 Å². The first kappa shape index (κ1) is 14.3. The average molecular weight is 289 g/mol. The molecule has 0 spiro atoms. The van der Waals surface area contributed by atoms with E-state index in [9.17, 15) is 14.7 Å². The van der Waals surface area contributed by atoms with Crippen molar-refractivity contribution >= 4 is 23.2 Å². The first-order valence-electron chi connectivity index (χ1n) is 6.28. The summed E-state index contributed by atoms with van der Waals surface area (Å²) in [6.07, 6.45) is 0.745. The summed E-state index contributed by atoms with van der Waals surface area (Å²) >= 11 is 1.33. The number of rotatable bonds is 5. The fourth-order valence-corrected chi connectivity index (χ4v) is 2.84. The Kier molecular flexibility index (Phi) is 4.53. The van der Waals surface area contributed by atoms with Crippen LogP contribution in [0.3, 0.4) is 0 Å². The number of nitrogens with one attached hydrogen (secondary N) is 1. The number of thiophene rings is 1. The lowest BCUT2D eigenvalue weighted by Gasteiger charge is -2.14. The number of carboxylic acid groups (broad SMARTS) is 1. The molecule has 104 valence electrons. The topological polar surface area (TPSA) is 66.4 Å². The van der Waals surface area contributed by atoms with Gasteiger partial charge in [-0.05, 0) is 29.0 Å². The fourth-order valence-electron chi connectivity index (χ4n) is 1.94. The van der Waals surface area contributed by atoms with Crippen LogP contribution in [0.5, 0.6) is 0 Å². The van der Waals surface area contributed by atoms with Crippen molar-refractivity contribution in [2.75, 3.05) is 0 Å². The maximum Gasteiger partial charge on any atom is 0.330 e. The van der Waals surface area contributed by atoms with Crippen molar-refractivity contribution < 1.29 is 14.7 Å². The molecule has 1 atom stereocenters. The van der Waals surface area contributed by atoms with Crippen LogP contribution in [0.4, 0.5) is 0 Å². The summed E-state index contributed by atoms with van der Waals surface area (Å²) in [6.45, 7) is 1.96. The van der Waals surface area contributed by atoms with Crippen molar-refractivity contribution in [2.45, 2.75) is 19.4 Å². The van der Waals surface area contributed by atoms with Gasteiger partial charge < -0.3 is 10.4 Å². The molecule has 0 unspecified atom stereocenters. The van der Waals surface area contributed by atoms with Gasteiger partial charge in [-0.2, -0.15) is 0 Å². The first-order chi connectivity index (χ1) is 9.63. The minimum atomic E-state index is -1.07. The number of hydrogen-bond donors (Lipinski definition) is 2. The van der Waals surface area contributed by atoms with Gasteiger partial charge in [0.25, 0.3) is 5.91 Å². The van der Waals surface area contributed by atoms with Crippen molar-refractivity contribution in [3.63, 3.8) is 0 Å². The molecule has 20 heavy (non-hydrogen) atoms. The minimum absolute atomic E-state index is 0.340. The molecule has 1 aromatic carbocycles. The van der Waals surface area contributed by atoms with E-state index in [4.69, 9.17) is 0 Å². The van der Waals surface area contributed by atoms with Gasteiger partial charge in [0.05, 0.1) is 4.88 Å². The van der Waals surface area contributed by atoms with Crippen LogP contribution in [0.2, 0.25) is 0 Å². The summed E-state index contributed by atoms with van der Waals surface area (Å²) < 4.78 is 0. The van der Waals surface area contributed by atoms with Crippen molar-refractivity contribution in [1.82, 2.24) is 5.32 Å². The molecule has 0 aliphatic carbocycles. The maximum atomic E-state index is 12.2. The third-order valence-electron chi connectivity index (χ3n) is 2.99. The number of aliphatic carboxylic acids is 1. The highest BCUT2D eigenvalue weighted by molar-refractivity contribution is 7.12. The molecule has 2 rings (SSSR count). The number of carbonyl (C=O) groups is 2. The van der Waals surface area contributed by atoms with Crippen molar-refractivity contribution in [2.24, 2.45) is 0 Å². The molecule has 0 radical (unpaired) electrons. The van der Waals surface area contributed by atoms with Gasteiger partial charge >= 0.3 is 5.97 Å². The lowest BCUT2D eigenvalue weighted by atomic mass is 10.1. The smallest absolute Gasteiger partial charge is 0.330 e. The van der Waals surface area contributed by atoms with Gasteiger partial charge in [-0.1, -0.05) is 37.3 Å². The van der Waals surface area contributed by atoms with E-state index in [1.54, 1.807) is 30.3 Å². The monoisotopic (exact) mass is 289 g/mol. The maximum absolute atomic E-state index is 12.2. The predicted octanol–water partition coefficient (Wildman–Crippen LogP) is 2.87. The third kappa shape index (κ3) is 3.05. The van der Waals surface area contributed by atoms with Gasteiger partial charge in [-0.15, -0.1) is 11.3 Å². The van der Waals surface area contributed by atoms with E-state index in [0.717, 1.165) is 12.0 Å². The summed E-state index contributed by atoms with van der Waals surface area (Å²) in [5.74, 6) is -1.41. The second kappa shape index (κ2) is 6.34. The molecule has 1 amide bonds. The zero-order valence-corrected chi connectivity index (χ0v) is 11.8. The molecule has 4 nitrogen and oxygen atoms in total. The molecular weight excluding hydrogens is 274 g/mol. The summed E-state index contributed by atoms with van der Waals surface area (Å²) in [6, 6.07) is 9.54. The Morgan fingerprint density at radius 3 is 2.55 bits per heavy atom. The third-order valence-corrected chi connectivity index (χ3v) is 3.94. The van der Waals surface area contributed by atoms with Crippen LogP contribution >= 0.6 is 11.3 Å². The SMILES string of the molecule is CCc1ccsc1C(=O)N[C@H](C(=O)O)c1ccccc1. The second-order valence-electron chi connectivity index (χ2n) is 4.28. The quantitative estimate of drug-likeness (QED) is 0.889. The molecule has 2 aromatic rings. The van der Waals surface area contributed by atoms with Crippen LogP contribution in [-0.4, -0.2) is 17.0 Å². The first-order valence-corrected chi connectivity index (χ1v) is 7.16. The summed E-state index contributed by atoms with van der Waals surface area (Å²) in [4.78, 5) is 24.1. The van der Waals surface area contributed by atoms with Gasteiger partial charge in [0, 0.05) is 0 Å². The highest BCUT2D eigenvalue weighted by Gasteiger charge is 2.23. The van der Waals surface area contributed by atoms with Crippen molar-refractivity contribution in [3.05, 3.63) is 57.8 Å². The van der Waals surface area contributed by atoms with Gasteiger partial charge in [0.15, 0.2) is 6.04 Å². The average Bonchev–Trinajstić information content (AvgIpc) is 2.93. The Morgan fingerprint density at radius 1 is 1.25 bits per heavy atom. The lowest BCUT2D eigenvalue weighted by molar-refractivity contribution is -0.139. The Morgan fingerprint density at radius 2 is 1.95 bits per heavy atom. The molecule has 1 aromatic heterocycles. The zero-order valence-electron chi connectivity index (χ0n) is 11.0. The van der Waals surface area contributed by atoms with E-state index in [2.05, 4.69) is 5.32 Å². The number of carbonyl (C=O) groups excluding carboxylic acids is 1. The normalized spacial score (nSPS) is 11.8. The number of hydrogen-bond acceptors (Lipinski definition) is 3. The van der Waals surface area contributed by atoms with Crippen molar-refractivity contribution in [3.8, 4) is 0 Å². The van der Waals surface area contributed by atoms with E-state index >= 15 is 0 Å². The number of benzene rings is 1. The van der Waals surface area contributed by atoms with Gasteiger partial charge in [0.2, 0.25) is 0 Å². The Bertz CT molecular complexity index is 607. The van der Waals surface area contributed by atoms with Gasteiger partial charge in [-0.25, -0.2) is 4.79 Å². The molecule has 0 aliphatic heterocycles. The van der Waals surface area contributed by atoms with E-state index in [0.29, 0.717) is 10.4 Å².